The highest BCUT2D eigenvalue weighted by molar-refractivity contribution is 7.90. The van der Waals surface area contributed by atoms with Gasteiger partial charge in [-0.25, -0.2) is 0 Å². The molecule has 0 aliphatic carbocycles. The Balaban J connectivity index is 1.98. The normalized spacial score (nSPS) is 22.6. The van der Waals surface area contributed by atoms with Crippen LogP contribution in [-0.2, 0) is 16.6 Å². The second-order valence-corrected chi connectivity index (χ2v) is 6.73. The molecule has 0 radical (unpaired) electrons. The Kier molecular flexibility index (Phi) is 2.71. The van der Waals surface area contributed by atoms with Gasteiger partial charge >= 0.3 is 10.2 Å². The second kappa shape index (κ2) is 4.13. The summed E-state index contributed by atoms with van der Waals surface area (Å²) in [5.41, 5.74) is 3.13. The van der Waals surface area contributed by atoms with Gasteiger partial charge in [0.15, 0.2) is 0 Å². The lowest BCUT2D eigenvalue weighted by Gasteiger charge is -2.22. The van der Waals surface area contributed by atoms with Gasteiger partial charge in [-0.1, -0.05) is 0 Å². The van der Waals surface area contributed by atoms with Crippen molar-refractivity contribution in [1.82, 2.24) is 4.31 Å². The molecular formula is C12H17N3O2S. The summed E-state index contributed by atoms with van der Waals surface area (Å²) in [5, 5.41) is 3.33. The molecule has 0 unspecified atom stereocenters. The van der Waals surface area contributed by atoms with Gasteiger partial charge in [-0.2, -0.15) is 12.7 Å². The van der Waals surface area contributed by atoms with E-state index in [1.54, 1.807) is 7.05 Å². The van der Waals surface area contributed by atoms with Crippen LogP contribution in [0.25, 0.3) is 0 Å². The van der Waals surface area contributed by atoms with Crippen LogP contribution in [0.1, 0.15) is 12.0 Å². The van der Waals surface area contributed by atoms with Crippen molar-refractivity contribution in [3.8, 4) is 0 Å². The highest BCUT2D eigenvalue weighted by Gasteiger charge is 2.34. The summed E-state index contributed by atoms with van der Waals surface area (Å²) >= 11 is 0. The number of anilines is 2. The summed E-state index contributed by atoms with van der Waals surface area (Å²) in [5.74, 6) is 0. The molecule has 6 heteroatoms. The summed E-state index contributed by atoms with van der Waals surface area (Å²) in [6.45, 7) is 2.08. The maximum Gasteiger partial charge on any atom is 0.303 e. The molecule has 1 aromatic carbocycles. The van der Waals surface area contributed by atoms with E-state index in [0.717, 1.165) is 30.8 Å². The molecule has 0 spiro atoms. The first kappa shape index (κ1) is 11.8. The van der Waals surface area contributed by atoms with Crippen molar-refractivity contribution in [3.05, 3.63) is 23.8 Å². The van der Waals surface area contributed by atoms with Gasteiger partial charge in [-0.15, -0.1) is 0 Å². The molecule has 1 saturated heterocycles. The number of nitrogens with zero attached hydrogens (tertiary/aromatic N) is 2. The predicted octanol–water partition coefficient (Wildman–Crippen LogP) is 1.04. The lowest BCUT2D eigenvalue weighted by Crippen LogP contribution is -2.30. The molecule has 2 aliphatic rings. The standard InChI is InChI=1S/C12H17N3O2S/c1-14-7-8-15(18(14,16)17)11-4-5-12-10(9-11)3-2-6-13-12/h4-5,9,13H,2-3,6-8H2,1H3. The van der Waals surface area contributed by atoms with Gasteiger partial charge in [0, 0.05) is 32.4 Å². The van der Waals surface area contributed by atoms with E-state index in [-0.39, 0.29) is 0 Å². The van der Waals surface area contributed by atoms with Crippen molar-refractivity contribution in [2.45, 2.75) is 12.8 Å². The van der Waals surface area contributed by atoms with Crippen LogP contribution < -0.4 is 9.62 Å². The highest BCUT2D eigenvalue weighted by Crippen LogP contribution is 2.30. The zero-order valence-electron chi connectivity index (χ0n) is 10.4. The van der Waals surface area contributed by atoms with E-state index >= 15 is 0 Å². The SMILES string of the molecule is CN1CCN(c2ccc3c(c2)CCCN3)S1(=O)=O. The molecule has 1 aromatic rings. The van der Waals surface area contributed by atoms with E-state index in [4.69, 9.17) is 0 Å². The van der Waals surface area contributed by atoms with Crippen LogP contribution in [0.2, 0.25) is 0 Å². The number of hydrogen-bond donors (Lipinski definition) is 1. The quantitative estimate of drug-likeness (QED) is 0.827. The fourth-order valence-corrected chi connectivity index (χ4v) is 3.85. The molecule has 2 heterocycles. The van der Waals surface area contributed by atoms with Crippen LogP contribution in [-0.4, -0.2) is 39.4 Å². The second-order valence-electron chi connectivity index (χ2n) is 4.77. The number of benzene rings is 1. The topological polar surface area (TPSA) is 52.6 Å². The minimum atomic E-state index is -3.30. The summed E-state index contributed by atoms with van der Waals surface area (Å²) in [4.78, 5) is 0. The van der Waals surface area contributed by atoms with Crippen molar-refractivity contribution >= 4 is 21.6 Å². The lowest BCUT2D eigenvalue weighted by atomic mass is 10.0. The van der Waals surface area contributed by atoms with Crippen LogP contribution in [0.15, 0.2) is 18.2 Å². The number of hydrogen-bond acceptors (Lipinski definition) is 3. The van der Waals surface area contributed by atoms with Crippen molar-refractivity contribution in [1.29, 1.82) is 0 Å². The van der Waals surface area contributed by atoms with Crippen LogP contribution in [0.5, 0.6) is 0 Å². The van der Waals surface area contributed by atoms with Gasteiger partial charge in [0.1, 0.15) is 0 Å². The predicted molar refractivity (Wildman–Crippen MR) is 72.1 cm³/mol. The molecule has 0 amide bonds. The molecule has 0 bridgehead atoms. The molecular weight excluding hydrogens is 250 g/mol. The van der Waals surface area contributed by atoms with Gasteiger partial charge in [-0.3, -0.25) is 4.31 Å². The molecule has 1 fully saturated rings. The zero-order chi connectivity index (χ0) is 12.8. The van der Waals surface area contributed by atoms with Crippen molar-refractivity contribution < 1.29 is 8.42 Å². The Bertz CT molecular complexity index is 571. The average Bonchev–Trinajstić information content (AvgIpc) is 2.64. The monoisotopic (exact) mass is 267 g/mol. The van der Waals surface area contributed by atoms with Crippen LogP contribution in [0, 0.1) is 0 Å². The molecule has 18 heavy (non-hydrogen) atoms. The van der Waals surface area contributed by atoms with Gasteiger partial charge < -0.3 is 5.32 Å². The van der Waals surface area contributed by atoms with Crippen molar-refractivity contribution in [2.24, 2.45) is 0 Å². The maximum absolute atomic E-state index is 12.1. The molecule has 1 N–H and O–H groups in total. The number of likely N-dealkylation sites (N-methyl/N-ethyl adjacent to an activating group) is 1. The fourth-order valence-electron chi connectivity index (χ4n) is 2.51. The van der Waals surface area contributed by atoms with E-state index in [0.29, 0.717) is 13.1 Å². The molecule has 3 rings (SSSR count). The average molecular weight is 267 g/mol. The van der Waals surface area contributed by atoms with Gasteiger partial charge in [0.2, 0.25) is 0 Å². The zero-order valence-corrected chi connectivity index (χ0v) is 11.2. The van der Waals surface area contributed by atoms with Gasteiger partial charge in [0.05, 0.1) is 5.69 Å². The largest absolute Gasteiger partial charge is 0.385 e. The minimum Gasteiger partial charge on any atom is -0.385 e. The summed E-state index contributed by atoms with van der Waals surface area (Å²) in [7, 11) is -1.68. The molecule has 5 nitrogen and oxygen atoms in total. The van der Waals surface area contributed by atoms with Crippen LogP contribution in [0.3, 0.4) is 0 Å². The smallest absolute Gasteiger partial charge is 0.303 e. The van der Waals surface area contributed by atoms with Crippen LogP contribution in [0.4, 0.5) is 11.4 Å². The number of aryl methyl sites for hydroxylation is 1. The molecule has 2 aliphatic heterocycles. The number of nitrogens with one attached hydrogen (secondary N) is 1. The third-order valence-electron chi connectivity index (χ3n) is 3.61. The van der Waals surface area contributed by atoms with Gasteiger partial charge in [0.25, 0.3) is 0 Å². The Morgan fingerprint density at radius 2 is 2.11 bits per heavy atom. The first-order chi connectivity index (χ1) is 8.59. The molecule has 0 aromatic heterocycles. The van der Waals surface area contributed by atoms with Crippen molar-refractivity contribution in [3.63, 3.8) is 0 Å². The fraction of sp³-hybridized carbons (Fsp3) is 0.500. The van der Waals surface area contributed by atoms with E-state index in [1.165, 1.54) is 14.2 Å². The van der Waals surface area contributed by atoms with Crippen molar-refractivity contribution in [2.75, 3.05) is 36.3 Å². The Labute approximate surface area is 108 Å². The summed E-state index contributed by atoms with van der Waals surface area (Å²) in [6, 6.07) is 5.86. The summed E-state index contributed by atoms with van der Waals surface area (Å²) < 4.78 is 27.1. The molecule has 0 saturated carbocycles. The van der Waals surface area contributed by atoms with Crippen LogP contribution >= 0.6 is 0 Å². The third-order valence-corrected chi connectivity index (χ3v) is 5.53. The molecule has 0 atom stereocenters. The Morgan fingerprint density at radius 1 is 1.28 bits per heavy atom. The first-order valence-corrected chi connectivity index (χ1v) is 7.59. The van der Waals surface area contributed by atoms with E-state index < -0.39 is 10.2 Å². The van der Waals surface area contributed by atoms with E-state index in [1.807, 2.05) is 18.2 Å². The van der Waals surface area contributed by atoms with Gasteiger partial charge in [-0.05, 0) is 36.6 Å². The lowest BCUT2D eigenvalue weighted by molar-refractivity contribution is 0.511. The van der Waals surface area contributed by atoms with E-state index in [9.17, 15) is 8.42 Å². The minimum absolute atomic E-state index is 0.533. The Morgan fingerprint density at radius 3 is 2.83 bits per heavy atom. The summed E-state index contributed by atoms with van der Waals surface area (Å²) in [6.07, 6.45) is 2.11. The highest BCUT2D eigenvalue weighted by atomic mass is 32.2. The third kappa shape index (κ3) is 1.76. The number of fused-ring (bicyclic) bond motifs is 1. The Hall–Kier alpha value is -1.27. The first-order valence-electron chi connectivity index (χ1n) is 6.20. The maximum atomic E-state index is 12.1. The number of rotatable bonds is 1. The molecule has 98 valence electrons. The van der Waals surface area contributed by atoms with E-state index in [2.05, 4.69) is 5.32 Å².